The lowest BCUT2D eigenvalue weighted by Crippen LogP contribution is -2.36. The normalized spacial score (nSPS) is 12.9. The van der Waals surface area contributed by atoms with E-state index in [1.165, 1.54) is 0 Å². The van der Waals surface area contributed by atoms with Crippen LogP contribution in [0.15, 0.2) is 24.3 Å². The number of rotatable bonds is 9. The molecular weight excluding hydrogens is 314 g/mol. The monoisotopic (exact) mass is 341 g/mol. The first-order valence-electron chi connectivity index (χ1n) is 7.90. The molecule has 0 saturated heterocycles. The summed E-state index contributed by atoms with van der Waals surface area (Å²) in [5.41, 5.74) is 6.89. The van der Waals surface area contributed by atoms with Gasteiger partial charge in [0, 0.05) is 11.4 Å². The number of carbonyl (C=O) groups excluding carboxylic acids is 1. The lowest BCUT2D eigenvalue weighted by atomic mass is 10.0. The Morgan fingerprint density at radius 2 is 1.74 bits per heavy atom. The number of carbonyl (C=O) groups is 1. The van der Waals surface area contributed by atoms with E-state index in [-0.39, 0.29) is 11.7 Å². The summed E-state index contributed by atoms with van der Waals surface area (Å²) in [6.07, 6.45) is 2.06. The quantitative estimate of drug-likeness (QED) is 0.642. The van der Waals surface area contributed by atoms with Gasteiger partial charge in [-0.2, -0.15) is 0 Å². The first-order chi connectivity index (χ1) is 10.7. The van der Waals surface area contributed by atoms with E-state index in [0.717, 1.165) is 6.42 Å². The number of hydrogen-bond acceptors (Lipinski definition) is 4. The standard InChI is InChI=1S/C16H27N3O3S/c1-4-5-10-23(21,22)19-14-8-6-13(7-9-14)18-16(20)15(17)11-12(2)3/h6-9,12,15,19H,4-5,10-11,17H2,1-3H3,(H,18,20)/t15-/m0/s1. The van der Waals surface area contributed by atoms with Gasteiger partial charge in [0.1, 0.15) is 0 Å². The molecule has 0 aliphatic heterocycles. The summed E-state index contributed by atoms with van der Waals surface area (Å²) >= 11 is 0. The van der Waals surface area contributed by atoms with Crippen LogP contribution in [0.5, 0.6) is 0 Å². The fourth-order valence-electron chi connectivity index (χ4n) is 2.04. The van der Waals surface area contributed by atoms with Gasteiger partial charge in [-0.1, -0.05) is 27.2 Å². The van der Waals surface area contributed by atoms with Crippen molar-refractivity contribution in [1.29, 1.82) is 0 Å². The van der Waals surface area contributed by atoms with Crippen molar-refractivity contribution in [2.75, 3.05) is 15.8 Å². The van der Waals surface area contributed by atoms with Crippen molar-refractivity contribution < 1.29 is 13.2 Å². The lowest BCUT2D eigenvalue weighted by Gasteiger charge is -2.14. The highest BCUT2D eigenvalue weighted by Gasteiger charge is 2.15. The molecule has 4 N–H and O–H groups in total. The van der Waals surface area contributed by atoms with E-state index >= 15 is 0 Å². The summed E-state index contributed by atoms with van der Waals surface area (Å²) in [5.74, 6) is 0.206. The topological polar surface area (TPSA) is 101 Å². The summed E-state index contributed by atoms with van der Waals surface area (Å²) in [7, 11) is -3.32. The molecule has 6 nitrogen and oxygen atoms in total. The SMILES string of the molecule is CCCCS(=O)(=O)Nc1ccc(NC(=O)[C@@H](N)CC(C)C)cc1. The van der Waals surface area contributed by atoms with Crippen LogP contribution in [0.3, 0.4) is 0 Å². The molecular formula is C16H27N3O3S. The van der Waals surface area contributed by atoms with E-state index in [0.29, 0.717) is 30.1 Å². The highest BCUT2D eigenvalue weighted by molar-refractivity contribution is 7.92. The van der Waals surface area contributed by atoms with Gasteiger partial charge in [-0.15, -0.1) is 0 Å². The van der Waals surface area contributed by atoms with E-state index in [9.17, 15) is 13.2 Å². The van der Waals surface area contributed by atoms with Crippen molar-refractivity contribution in [2.45, 2.75) is 46.1 Å². The number of amides is 1. The Balaban J connectivity index is 2.61. The molecule has 1 aromatic rings. The molecule has 0 saturated carbocycles. The third-order valence-electron chi connectivity index (χ3n) is 3.25. The number of benzene rings is 1. The first-order valence-corrected chi connectivity index (χ1v) is 9.55. The second-order valence-electron chi connectivity index (χ2n) is 6.08. The third kappa shape index (κ3) is 7.47. The fraction of sp³-hybridized carbons (Fsp3) is 0.562. The molecule has 0 aliphatic carbocycles. The number of sulfonamides is 1. The highest BCUT2D eigenvalue weighted by Crippen LogP contribution is 2.16. The van der Waals surface area contributed by atoms with Gasteiger partial charge in [0.05, 0.1) is 11.8 Å². The third-order valence-corrected chi connectivity index (χ3v) is 4.63. The maximum Gasteiger partial charge on any atom is 0.241 e. The predicted octanol–water partition coefficient (Wildman–Crippen LogP) is 2.54. The van der Waals surface area contributed by atoms with Crippen molar-refractivity contribution in [1.82, 2.24) is 0 Å². The predicted molar refractivity (Wildman–Crippen MR) is 94.8 cm³/mol. The Labute approximate surface area is 138 Å². The minimum atomic E-state index is -3.32. The van der Waals surface area contributed by atoms with Crippen LogP contribution < -0.4 is 15.8 Å². The van der Waals surface area contributed by atoms with Gasteiger partial charge in [0.15, 0.2) is 0 Å². The number of nitrogens with one attached hydrogen (secondary N) is 2. The Morgan fingerprint density at radius 1 is 1.17 bits per heavy atom. The number of nitrogens with two attached hydrogens (primary N) is 1. The largest absolute Gasteiger partial charge is 0.325 e. The molecule has 0 fully saturated rings. The molecule has 1 amide bonds. The van der Waals surface area contributed by atoms with Crippen molar-refractivity contribution >= 4 is 27.3 Å². The lowest BCUT2D eigenvalue weighted by molar-refractivity contribution is -0.117. The zero-order valence-corrected chi connectivity index (χ0v) is 14.8. The van der Waals surface area contributed by atoms with Crippen LogP contribution in [0.4, 0.5) is 11.4 Å². The van der Waals surface area contributed by atoms with Crippen molar-refractivity contribution in [3.05, 3.63) is 24.3 Å². The number of hydrogen-bond donors (Lipinski definition) is 3. The smallest absolute Gasteiger partial charge is 0.241 e. The van der Waals surface area contributed by atoms with Gasteiger partial charge in [0.25, 0.3) is 0 Å². The Morgan fingerprint density at radius 3 is 2.26 bits per heavy atom. The van der Waals surface area contributed by atoms with Gasteiger partial charge >= 0.3 is 0 Å². The van der Waals surface area contributed by atoms with Gasteiger partial charge in [-0.3, -0.25) is 9.52 Å². The van der Waals surface area contributed by atoms with Crippen LogP contribution in [0, 0.1) is 5.92 Å². The summed E-state index contributed by atoms with van der Waals surface area (Å²) in [4.78, 5) is 11.9. The van der Waals surface area contributed by atoms with Crippen LogP contribution in [-0.4, -0.2) is 26.1 Å². The molecule has 0 bridgehead atoms. The van der Waals surface area contributed by atoms with E-state index in [1.807, 2.05) is 20.8 Å². The van der Waals surface area contributed by atoms with Gasteiger partial charge in [-0.25, -0.2) is 8.42 Å². The molecule has 0 aromatic heterocycles. The maximum absolute atomic E-state index is 11.9. The van der Waals surface area contributed by atoms with Crippen LogP contribution in [0.1, 0.15) is 40.0 Å². The van der Waals surface area contributed by atoms with E-state index in [1.54, 1.807) is 24.3 Å². The van der Waals surface area contributed by atoms with Crippen LogP contribution in [-0.2, 0) is 14.8 Å². The fourth-order valence-corrected chi connectivity index (χ4v) is 3.30. The summed E-state index contributed by atoms with van der Waals surface area (Å²) in [5, 5.41) is 2.73. The molecule has 1 atom stereocenters. The van der Waals surface area contributed by atoms with E-state index < -0.39 is 16.1 Å². The highest BCUT2D eigenvalue weighted by atomic mass is 32.2. The Kier molecular flexibility index (Phi) is 7.51. The minimum Gasteiger partial charge on any atom is -0.325 e. The molecule has 7 heteroatoms. The molecule has 1 aromatic carbocycles. The van der Waals surface area contributed by atoms with Gasteiger partial charge in [-0.05, 0) is 43.0 Å². The second kappa shape index (κ2) is 8.88. The number of unbranched alkanes of at least 4 members (excludes halogenated alkanes) is 1. The molecule has 0 spiro atoms. The number of anilines is 2. The van der Waals surface area contributed by atoms with E-state index in [4.69, 9.17) is 5.73 Å². The average molecular weight is 341 g/mol. The second-order valence-corrected chi connectivity index (χ2v) is 7.92. The molecule has 0 heterocycles. The Bertz CT molecular complexity index is 598. The van der Waals surface area contributed by atoms with Gasteiger partial charge < -0.3 is 11.1 Å². The average Bonchev–Trinajstić information content (AvgIpc) is 2.46. The summed E-state index contributed by atoms with van der Waals surface area (Å²) in [6.45, 7) is 5.95. The maximum atomic E-state index is 11.9. The van der Waals surface area contributed by atoms with Crippen LogP contribution in [0.2, 0.25) is 0 Å². The summed E-state index contributed by atoms with van der Waals surface area (Å²) < 4.78 is 26.1. The van der Waals surface area contributed by atoms with Crippen LogP contribution >= 0.6 is 0 Å². The van der Waals surface area contributed by atoms with Crippen molar-refractivity contribution in [3.8, 4) is 0 Å². The zero-order valence-electron chi connectivity index (χ0n) is 14.0. The van der Waals surface area contributed by atoms with Crippen molar-refractivity contribution in [3.63, 3.8) is 0 Å². The molecule has 1 rings (SSSR count). The molecule has 0 unspecified atom stereocenters. The minimum absolute atomic E-state index is 0.103. The molecule has 130 valence electrons. The van der Waals surface area contributed by atoms with E-state index in [2.05, 4.69) is 10.0 Å². The zero-order chi connectivity index (χ0) is 17.5. The van der Waals surface area contributed by atoms with Crippen molar-refractivity contribution in [2.24, 2.45) is 11.7 Å². The van der Waals surface area contributed by atoms with Gasteiger partial charge in [0.2, 0.25) is 15.9 Å². The molecule has 0 aliphatic rings. The first kappa shape index (κ1) is 19.4. The van der Waals surface area contributed by atoms with Crippen LogP contribution in [0.25, 0.3) is 0 Å². The molecule has 23 heavy (non-hydrogen) atoms. The summed E-state index contributed by atoms with van der Waals surface area (Å²) in [6, 6.07) is 5.98. The molecule has 0 radical (unpaired) electrons. The Hall–Kier alpha value is -1.60.